The Morgan fingerprint density at radius 1 is 0.786 bits per heavy atom. The van der Waals surface area contributed by atoms with Crippen LogP contribution in [0.5, 0.6) is 0 Å². The van der Waals surface area contributed by atoms with Crippen molar-refractivity contribution in [2.45, 2.75) is 61.5 Å². The minimum Gasteiger partial charge on any atom is -0.349 e. The van der Waals surface area contributed by atoms with Crippen LogP contribution < -0.4 is 0 Å². The first kappa shape index (κ1) is 27.0. The Labute approximate surface area is 174 Å². The Morgan fingerprint density at radius 2 is 1.11 bits per heavy atom. The normalized spacial score (nSPS) is 13.0. The molecule has 0 heterocycles. The fourth-order valence-electron chi connectivity index (χ4n) is 2.52. The van der Waals surface area contributed by atoms with Crippen LogP contribution in [0.1, 0.15) is 41.5 Å². The maximum absolute atomic E-state index is 10.8. The summed E-state index contributed by atoms with van der Waals surface area (Å²) in [5, 5.41) is 12.3. The number of hydrogen-bond donors (Lipinski definition) is 3. The molecule has 0 aliphatic heterocycles. The van der Waals surface area contributed by atoms with Crippen molar-refractivity contribution in [2.75, 3.05) is 12.5 Å². The quantitative estimate of drug-likeness (QED) is 0.326. The average molecular weight is 431 g/mol. The zero-order valence-electron chi connectivity index (χ0n) is 18.4. The van der Waals surface area contributed by atoms with Gasteiger partial charge in [0.05, 0.1) is 0 Å². The van der Waals surface area contributed by atoms with Crippen LogP contribution in [0, 0.1) is 0 Å². The van der Waals surface area contributed by atoms with Crippen LogP contribution in [0.4, 0.5) is 0 Å². The van der Waals surface area contributed by atoms with Crippen molar-refractivity contribution in [1.29, 1.82) is 0 Å². The number of rotatable bonds is 6. The molecule has 0 aliphatic rings. The lowest BCUT2D eigenvalue weighted by Crippen LogP contribution is -2.34. The molecule has 3 N–H and O–H groups in total. The molecule has 0 aromatic heterocycles. The highest BCUT2D eigenvalue weighted by Crippen LogP contribution is 2.71. The molecule has 0 saturated carbocycles. The molecule has 4 nitrogen and oxygen atoms in total. The largest absolute Gasteiger partial charge is 0.349 e. The molecule has 0 aliphatic carbocycles. The zero-order chi connectivity index (χ0) is 22.0. The highest BCUT2D eigenvalue weighted by molar-refractivity contribution is 8.32. The van der Waals surface area contributed by atoms with Crippen LogP contribution in [0.25, 0.3) is 0 Å². The standard InChI is InChI=1S/C20H30O2S2.C2H6.H2O2/c1-17(2)24(18-13-9-7-10-14-18,19-15-11-8-12-16-19)22-20(3,4)23(5,6)21;2*1-2/h7-17,21H,1-6H3;1-2H3;1-2H. The van der Waals surface area contributed by atoms with E-state index in [1.807, 2.05) is 52.3 Å². The van der Waals surface area contributed by atoms with Gasteiger partial charge in [0.15, 0.2) is 0 Å². The molecule has 6 heteroatoms. The average Bonchev–Trinajstić information content (AvgIpc) is 2.69. The Bertz CT molecular complexity index is 614. The van der Waals surface area contributed by atoms with Gasteiger partial charge in [0.25, 0.3) is 0 Å². The molecular weight excluding hydrogens is 392 g/mol. The van der Waals surface area contributed by atoms with E-state index >= 15 is 0 Å². The van der Waals surface area contributed by atoms with Crippen LogP contribution in [0.3, 0.4) is 0 Å². The van der Waals surface area contributed by atoms with Gasteiger partial charge in [-0.2, -0.15) is 0 Å². The van der Waals surface area contributed by atoms with Crippen molar-refractivity contribution in [3.8, 4) is 0 Å². The van der Waals surface area contributed by atoms with Crippen molar-refractivity contribution in [3.05, 3.63) is 60.7 Å². The van der Waals surface area contributed by atoms with Gasteiger partial charge in [-0.15, -0.1) is 10.3 Å². The molecule has 162 valence electrons. The summed E-state index contributed by atoms with van der Waals surface area (Å²) in [4.78, 5) is 1.78. The fourth-order valence-corrected chi connectivity index (χ4v) is 7.01. The van der Waals surface area contributed by atoms with E-state index in [2.05, 4.69) is 62.4 Å². The minimum absolute atomic E-state index is 0.281. The van der Waals surface area contributed by atoms with Crippen molar-refractivity contribution in [1.82, 2.24) is 0 Å². The Balaban J connectivity index is 0.00000171. The molecule has 0 radical (unpaired) electrons. The third kappa shape index (κ3) is 6.24. The molecule has 28 heavy (non-hydrogen) atoms. The predicted molar refractivity (Wildman–Crippen MR) is 126 cm³/mol. The third-order valence-corrected chi connectivity index (χ3v) is 10.9. The van der Waals surface area contributed by atoms with Crippen LogP contribution in [0.2, 0.25) is 0 Å². The van der Waals surface area contributed by atoms with E-state index in [1.54, 1.807) is 0 Å². The molecule has 0 atom stereocenters. The predicted octanol–water partition coefficient (Wildman–Crippen LogP) is 7.57. The molecule has 2 rings (SSSR count). The van der Waals surface area contributed by atoms with Crippen LogP contribution in [-0.4, -0.2) is 37.8 Å². The molecule has 0 spiro atoms. The first-order valence-corrected chi connectivity index (χ1v) is 13.4. The number of hydrogen-bond acceptors (Lipinski definition) is 4. The van der Waals surface area contributed by atoms with E-state index in [0.717, 1.165) is 0 Å². The lowest BCUT2D eigenvalue weighted by molar-refractivity contribution is -0.176. The van der Waals surface area contributed by atoms with E-state index in [1.165, 1.54) is 9.79 Å². The lowest BCUT2D eigenvalue weighted by Gasteiger charge is -2.53. The topological polar surface area (TPSA) is 69.9 Å². The molecule has 0 amide bonds. The highest BCUT2D eigenvalue weighted by Gasteiger charge is 2.43. The smallest absolute Gasteiger partial charge is 0.125 e. The van der Waals surface area contributed by atoms with Crippen molar-refractivity contribution in [2.24, 2.45) is 0 Å². The molecule has 0 saturated heterocycles. The summed E-state index contributed by atoms with van der Waals surface area (Å²) >= 11 is 0. The van der Waals surface area contributed by atoms with Gasteiger partial charge in [0.1, 0.15) is 4.93 Å². The van der Waals surface area contributed by atoms with Gasteiger partial charge in [-0.25, -0.2) is 0 Å². The van der Waals surface area contributed by atoms with Crippen molar-refractivity contribution >= 4 is 20.6 Å². The van der Waals surface area contributed by atoms with Gasteiger partial charge in [0, 0.05) is 15.0 Å². The summed E-state index contributed by atoms with van der Waals surface area (Å²) in [5.41, 5.74) is 0. The molecule has 2 aromatic carbocycles. The summed E-state index contributed by atoms with van der Waals surface area (Å²) < 4.78 is 17.6. The molecule has 0 unspecified atom stereocenters. The van der Waals surface area contributed by atoms with Gasteiger partial charge >= 0.3 is 0 Å². The SMILES string of the molecule is CC.CC(C)S(OC(C)(C)S(C)(C)O)(c1ccccc1)c1ccccc1.OO. The second-order valence-corrected chi connectivity index (χ2v) is 13.8. The first-order valence-electron chi connectivity index (χ1n) is 9.39. The summed E-state index contributed by atoms with van der Waals surface area (Å²) in [6.45, 7) is 12.5. The van der Waals surface area contributed by atoms with Crippen molar-refractivity contribution < 1.29 is 19.3 Å². The van der Waals surface area contributed by atoms with Gasteiger partial charge in [-0.3, -0.25) is 10.5 Å². The van der Waals surface area contributed by atoms with E-state index in [9.17, 15) is 4.55 Å². The summed E-state index contributed by atoms with van der Waals surface area (Å²) in [5.74, 6) is 0. The monoisotopic (exact) mass is 430 g/mol. The Kier molecular flexibility index (Phi) is 11.4. The Morgan fingerprint density at radius 3 is 1.36 bits per heavy atom. The van der Waals surface area contributed by atoms with Crippen LogP contribution in [-0.2, 0) is 4.18 Å². The van der Waals surface area contributed by atoms with Gasteiger partial charge in [-0.1, -0.05) is 74.4 Å². The summed E-state index contributed by atoms with van der Waals surface area (Å²) in [6.07, 6.45) is 3.79. The van der Waals surface area contributed by atoms with E-state index in [0.29, 0.717) is 0 Å². The van der Waals surface area contributed by atoms with Crippen LogP contribution in [0.15, 0.2) is 70.5 Å². The maximum atomic E-state index is 10.8. The van der Waals surface area contributed by atoms with Crippen molar-refractivity contribution in [3.63, 3.8) is 0 Å². The van der Waals surface area contributed by atoms with Gasteiger partial charge in [-0.05, 0) is 50.6 Å². The second kappa shape index (κ2) is 11.9. The molecule has 0 bridgehead atoms. The van der Waals surface area contributed by atoms with E-state index in [-0.39, 0.29) is 5.25 Å². The fraction of sp³-hybridized carbons (Fsp3) is 0.455. The van der Waals surface area contributed by atoms with Crippen LogP contribution >= 0.6 is 20.6 Å². The second-order valence-electron chi connectivity index (χ2n) is 7.03. The third-order valence-electron chi connectivity index (χ3n) is 4.39. The lowest BCUT2D eigenvalue weighted by atomic mass is 10.4. The van der Waals surface area contributed by atoms with E-state index in [4.69, 9.17) is 14.7 Å². The molecular formula is C22H38O4S2. The minimum atomic E-state index is -1.89. The summed E-state index contributed by atoms with van der Waals surface area (Å²) in [6, 6.07) is 20.9. The first-order chi connectivity index (χ1) is 13.1. The maximum Gasteiger partial charge on any atom is 0.125 e. The molecule has 2 aromatic rings. The zero-order valence-corrected chi connectivity index (χ0v) is 20.1. The van der Waals surface area contributed by atoms with Gasteiger partial charge in [0.2, 0.25) is 0 Å². The summed E-state index contributed by atoms with van der Waals surface area (Å²) in [7, 11) is -3.64. The highest BCUT2D eigenvalue weighted by atomic mass is 32.3. The van der Waals surface area contributed by atoms with Gasteiger partial charge < -0.3 is 8.74 Å². The Hall–Kier alpha value is -1.02. The van der Waals surface area contributed by atoms with E-state index < -0.39 is 25.6 Å². The number of benzene rings is 2. The molecule has 0 fully saturated rings.